The van der Waals surface area contributed by atoms with Gasteiger partial charge in [0, 0.05) is 23.4 Å². The van der Waals surface area contributed by atoms with Crippen LogP contribution in [-0.4, -0.2) is 33.5 Å². The molecule has 0 spiro atoms. The molecule has 1 aliphatic heterocycles. The van der Waals surface area contributed by atoms with Gasteiger partial charge >= 0.3 is 0 Å². The Hall–Kier alpha value is -1.91. The van der Waals surface area contributed by atoms with Gasteiger partial charge in [-0.1, -0.05) is 0 Å². The lowest BCUT2D eigenvalue weighted by atomic mass is 10.1. The summed E-state index contributed by atoms with van der Waals surface area (Å²) < 4.78 is 0. The molecule has 0 saturated heterocycles. The third-order valence-corrected chi connectivity index (χ3v) is 3.46. The number of aryl methyl sites for hydroxylation is 2. The molecule has 0 aliphatic carbocycles. The standard InChI is InChI=1S/C13H17N3O2/c1-8-9(2)13(18)16(12(8)17)6-4-5-11-7-14-15-10(11)3/h7H,4-6H2,1-3H3,(H,14,15). The van der Waals surface area contributed by atoms with Gasteiger partial charge in [0.15, 0.2) is 0 Å². The molecular weight excluding hydrogens is 230 g/mol. The summed E-state index contributed by atoms with van der Waals surface area (Å²) in [7, 11) is 0. The van der Waals surface area contributed by atoms with Gasteiger partial charge in [0.2, 0.25) is 0 Å². The van der Waals surface area contributed by atoms with E-state index in [9.17, 15) is 9.59 Å². The van der Waals surface area contributed by atoms with E-state index in [2.05, 4.69) is 10.2 Å². The molecule has 1 aromatic heterocycles. The minimum absolute atomic E-state index is 0.151. The first-order chi connectivity index (χ1) is 8.52. The molecule has 1 aliphatic rings. The lowest BCUT2D eigenvalue weighted by Crippen LogP contribution is -2.32. The largest absolute Gasteiger partial charge is 0.283 e. The SMILES string of the molecule is CC1=C(C)C(=O)N(CCCc2cn[nH]c2C)C1=O. The monoisotopic (exact) mass is 247 g/mol. The zero-order valence-corrected chi connectivity index (χ0v) is 10.9. The van der Waals surface area contributed by atoms with Crippen molar-refractivity contribution in [2.75, 3.05) is 6.54 Å². The Morgan fingerprint density at radius 1 is 1.17 bits per heavy atom. The van der Waals surface area contributed by atoms with E-state index < -0.39 is 0 Å². The van der Waals surface area contributed by atoms with Gasteiger partial charge in [-0.2, -0.15) is 5.10 Å². The van der Waals surface area contributed by atoms with Crippen LogP contribution in [0.15, 0.2) is 17.3 Å². The molecule has 0 bridgehead atoms. The molecule has 18 heavy (non-hydrogen) atoms. The minimum Gasteiger partial charge on any atom is -0.283 e. The molecule has 96 valence electrons. The van der Waals surface area contributed by atoms with Crippen LogP contribution in [-0.2, 0) is 16.0 Å². The summed E-state index contributed by atoms with van der Waals surface area (Å²) in [6, 6.07) is 0. The predicted octanol–water partition coefficient (Wildman–Crippen LogP) is 1.36. The maximum Gasteiger partial charge on any atom is 0.256 e. The highest BCUT2D eigenvalue weighted by molar-refractivity contribution is 6.18. The quantitative estimate of drug-likeness (QED) is 0.817. The average molecular weight is 247 g/mol. The summed E-state index contributed by atoms with van der Waals surface area (Å²) in [5.74, 6) is -0.303. The first-order valence-corrected chi connectivity index (χ1v) is 6.05. The smallest absolute Gasteiger partial charge is 0.256 e. The van der Waals surface area contributed by atoms with Crippen LogP contribution in [0.1, 0.15) is 31.5 Å². The number of nitrogens with one attached hydrogen (secondary N) is 1. The van der Waals surface area contributed by atoms with Crippen LogP contribution in [0, 0.1) is 6.92 Å². The van der Waals surface area contributed by atoms with Crippen LogP contribution >= 0.6 is 0 Å². The van der Waals surface area contributed by atoms with Crippen molar-refractivity contribution in [2.45, 2.75) is 33.6 Å². The van der Waals surface area contributed by atoms with Crippen molar-refractivity contribution in [1.29, 1.82) is 0 Å². The van der Waals surface area contributed by atoms with E-state index in [0.29, 0.717) is 17.7 Å². The summed E-state index contributed by atoms with van der Waals surface area (Å²) in [6.45, 7) is 5.84. The summed E-state index contributed by atoms with van der Waals surface area (Å²) >= 11 is 0. The highest BCUT2D eigenvalue weighted by Crippen LogP contribution is 2.20. The van der Waals surface area contributed by atoms with E-state index in [0.717, 1.165) is 24.1 Å². The normalized spacial score (nSPS) is 16.1. The molecule has 0 fully saturated rings. The summed E-state index contributed by atoms with van der Waals surface area (Å²) in [4.78, 5) is 25.0. The zero-order chi connectivity index (χ0) is 13.3. The Kier molecular flexibility index (Phi) is 3.32. The van der Waals surface area contributed by atoms with E-state index >= 15 is 0 Å². The number of hydrogen-bond donors (Lipinski definition) is 1. The van der Waals surface area contributed by atoms with Crippen molar-refractivity contribution in [1.82, 2.24) is 15.1 Å². The molecule has 2 heterocycles. The third-order valence-electron chi connectivity index (χ3n) is 3.46. The van der Waals surface area contributed by atoms with Crippen LogP contribution < -0.4 is 0 Å². The molecule has 0 saturated carbocycles. The van der Waals surface area contributed by atoms with E-state index in [4.69, 9.17) is 0 Å². The molecule has 1 N–H and O–H groups in total. The average Bonchev–Trinajstić information content (AvgIpc) is 2.83. The first kappa shape index (κ1) is 12.5. The summed E-state index contributed by atoms with van der Waals surface area (Å²) in [5.41, 5.74) is 3.31. The van der Waals surface area contributed by atoms with Crippen LogP contribution in [0.25, 0.3) is 0 Å². The van der Waals surface area contributed by atoms with E-state index in [-0.39, 0.29) is 11.8 Å². The van der Waals surface area contributed by atoms with Crippen LogP contribution in [0.2, 0.25) is 0 Å². The lowest BCUT2D eigenvalue weighted by Gasteiger charge is -2.14. The van der Waals surface area contributed by atoms with Gasteiger partial charge in [-0.05, 0) is 39.2 Å². The molecule has 0 radical (unpaired) electrons. The van der Waals surface area contributed by atoms with Crippen LogP contribution in [0.4, 0.5) is 0 Å². The van der Waals surface area contributed by atoms with Crippen molar-refractivity contribution in [3.05, 3.63) is 28.6 Å². The zero-order valence-electron chi connectivity index (χ0n) is 10.9. The van der Waals surface area contributed by atoms with Crippen LogP contribution in [0.3, 0.4) is 0 Å². The molecule has 5 nitrogen and oxygen atoms in total. The summed E-state index contributed by atoms with van der Waals surface area (Å²) in [5, 5.41) is 6.82. The fourth-order valence-corrected chi connectivity index (χ4v) is 2.08. The molecule has 0 unspecified atom stereocenters. The van der Waals surface area contributed by atoms with Gasteiger partial charge in [-0.15, -0.1) is 0 Å². The molecule has 2 rings (SSSR count). The molecule has 0 atom stereocenters. The third kappa shape index (κ3) is 2.08. The topological polar surface area (TPSA) is 66.1 Å². The maximum absolute atomic E-state index is 11.8. The van der Waals surface area contributed by atoms with Gasteiger partial charge in [0.1, 0.15) is 0 Å². The lowest BCUT2D eigenvalue weighted by molar-refractivity contribution is -0.137. The fourth-order valence-electron chi connectivity index (χ4n) is 2.08. The number of nitrogens with zero attached hydrogens (tertiary/aromatic N) is 2. The number of aromatic amines is 1. The molecule has 5 heteroatoms. The molecule has 1 aromatic rings. The number of amides is 2. The van der Waals surface area contributed by atoms with Gasteiger partial charge < -0.3 is 0 Å². The number of carbonyl (C=O) groups is 2. The second kappa shape index (κ2) is 4.76. The molecule has 2 amide bonds. The Labute approximate surface area is 106 Å². The Morgan fingerprint density at radius 2 is 1.78 bits per heavy atom. The van der Waals surface area contributed by atoms with E-state index in [1.54, 1.807) is 20.0 Å². The first-order valence-electron chi connectivity index (χ1n) is 6.05. The number of hydrogen-bond acceptors (Lipinski definition) is 3. The Bertz CT molecular complexity index is 504. The Balaban J connectivity index is 1.91. The number of aromatic nitrogens is 2. The number of H-pyrrole nitrogens is 1. The highest BCUT2D eigenvalue weighted by Gasteiger charge is 2.32. The van der Waals surface area contributed by atoms with Crippen molar-refractivity contribution >= 4 is 11.8 Å². The predicted molar refractivity (Wildman–Crippen MR) is 66.7 cm³/mol. The Morgan fingerprint density at radius 3 is 2.28 bits per heavy atom. The number of rotatable bonds is 4. The van der Waals surface area contributed by atoms with Gasteiger partial charge in [-0.3, -0.25) is 19.6 Å². The second-order valence-corrected chi connectivity index (χ2v) is 4.64. The fraction of sp³-hybridized carbons (Fsp3) is 0.462. The number of imide groups is 1. The maximum atomic E-state index is 11.8. The van der Waals surface area contributed by atoms with Crippen molar-refractivity contribution in [3.8, 4) is 0 Å². The van der Waals surface area contributed by atoms with Crippen molar-refractivity contribution in [3.63, 3.8) is 0 Å². The minimum atomic E-state index is -0.151. The van der Waals surface area contributed by atoms with Crippen molar-refractivity contribution < 1.29 is 9.59 Å². The highest BCUT2D eigenvalue weighted by atomic mass is 16.2. The molecule has 0 aromatic carbocycles. The number of carbonyl (C=O) groups excluding carboxylic acids is 2. The second-order valence-electron chi connectivity index (χ2n) is 4.64. The molecular formula is C13H17N3O2. The van der Waals surface area contributed by atoms with Crippen molar-refractivity contribution in [2.24, 2.45) is 0 Å². The van der Waals surface area contributed by atoms with E-state index in [1.807, 2.05) is 6.92 Å². The summed E-state index contributed by atoms with van der Waals surface area (Å²) in [6.07, 6.45) is 3.37. The van der Waals surface area contributed by atoms with E-state index in [1.165, 1.54) is 4.90 Å². The van der Waals surface area contributed by atoms with Gasteiger partial charge in [0.05, 0.1) is 6.20 Å². The van der Waals surface area contributed by atoms with Gasteiger partial charge in [-0.25, -0.2) is 0 Å². The van der Waals surface area contributed by atoms with Gasteiger partial charge in [0.25, 0.3) is 11.8 Å². The van der Waals surface area contributed by atoms with Crippen LogP contribution in [0.5, 0.6) is 0 Å².